The van der Waals surface area contributed by atoms with Gasteiger partial charge in [0.15, 0.2) is 0 Å². The van der Waals surface area contributed by atoms with Crippen LogP contribution in [0.2, 0.25) is 0 Å². The van der Waals surface area contributed by atoms with Crippen molar-refractivity contribution in [3.05, 3.63) is 30.1 Å². The van der Waals surface area contributed by atoms with E-state index in [1.54, 1.807) is 18.3 Å². The molecule has 0 saturated heterocycles. The van der Waals surface area contributed by atoms with Gasteiger partial charge in [0.25, 0.3) is 0 Å². The fourth-order valence-electron chi connectivity index (χ4n) is 1.90. The van der Waals surface area contributed by atoms with Crippen molar-refractivity contribution in [1.82, 2.24) is 9.55 Å². The Bertz CT molecular complexity index is 681. The third-order valence-corrected chi connectivity index (χ3v) is 2.75. The summed E-state index contributed by atoms with van der Waals surface area (Å²) < 4.78 is 2.11. The van der Waals surface area contributed by atoms with Crippen LogP contribution in [0.1, 0.15) is 18.9 Å². The van der Waals surface area contributed by atoms with Gasteiger partial charge in [-0.3, -0.25) is 4.99 Å². The summed E-state index contributed by atoms with van der Waals surface area (Å²) in [5, 5.41) is 18.3. The molecule has 0 N–H and O–H groups in total. The number of aryl methyl sites for hydroxylation is 1. The number of aromatic nitrogens is 2. The third kappa shape index (κ3) is 2.78. The minimum absolute atomic E-state index is 0.108. The molecule has 0 spiro atoms. The Kier molecular flexibility index (Phi) is 3.90. The number of rotatable bonds is 4. The maximum Gasteiger partial charge on any atom is 0.213 e. The molecule has 0 amide bonds. The zero-order valence-corrected chi connectivity index (χ0v) is 10.7. The van der Waals surface area contributed by atoms with Crippen molar-refractivity contribution in [3.8, 4) is 12.1 Å². The summed E-state index contributed by atoms with van der Waals surface area (Å²) in [7, 11) is 0. The van der Waals surface area contributed by atoms with Crippen LogP contribution in [0.25, 0.3) is 11.0 Å². The van der Waals surface area contributed by atoms with Crippen molar-refractivity contribution in [2.75, 3.05) is 0 Å². The Balaban J connectivity index is 2.26. The molecule has 0 bridgehead atoms. The van der Waals surface area contributed by atoms with E-state index in [1.807, 2.05) is 18.3 Å². The van der Waals surface area contributed by atoms with Gasteiger partial charge in [0.2, 0.25) is 5.71 Å². The lowest BCUT2D eigenvalue weighted by Gasteiger charge is -2.02. The molecular weight excluding hydrogens is 238 g/mol. The van der Waals surface area contributed by atoms with E-state index < -0.39 is 0 Å². The lowest BCUT2D eigenvalue weighted by molar-refractivity contribution is 0.697. The van der Waals surface area contributed by atoms with Crippen molar-refractivity contribution < 1.29 is 0 Å². The summed E-state index contributed by atoms with van der Waals surface area (Å²) in [6.07, 6.45) is 4.82. The smallest absolute Gasteiger partial charge is 0.213 e. The maximum absolute atomic E-state index is 8.62. The molecule has 0 radical (unpaired) electrons. The molecule has 0 saturated carbocycles. The molecule has 2 rings (SSSR count). The van der Waals surface area contributed by atoms with Crippen LogP contribution < -0.4 is 0 Å². The first-order chi connectivity index (χ1) is 9.28. The van der Waals surface area contributed by atoms with E-state index in [9.17, 15) is 0 Å². The highest BCUT2D eigenvalue weighted by atomic mass is 15.0. The molecule has 0 aliphatic carbocycles. The standard InChI is InChI=1S/C14H13N5/c1-2-4-19-5-3-12-6-11(10-18-14(12)19)9-17-13(7-15)8-16/h3,5-6,10H,2,4,9H2,1H3. The first-order valence-corrected chi connectivity index (χ1v) is 6.07. The molecule has 0 aromatic carbocycles. The second-order valence-electron chi connectivity index (χ2n) is 4.15. The lowest BCUT2D eigenvalue weighted by Crippen LogP contribution is -1.96. The Morgan fingerprint density at radius 2 is 2.21 bits per heavy atom. The largest absolute Gasteiger partial charge is 0.333 e. The van der Waals surface area contributed by atoms with Crippen molar-refractivity contribution in [2.45, 2.75) is 26.4 Å². The number of nitriles is 2. The number of nitrogens with zero attached hydrogens (tertiary/aromatic N) is 5. The van der Waals surface area contributed by atoms with Crippen molar-refractivity contribution in [3.63, 3.8) is 0 Å². The van der Waals surface area contributed by atoms with Gasteiger partial charge in [-0.05, 0) is 24.1 Å². The fourth-order valence-corrected chi connectivity index (χ4v) is 1.90. The van der Waals surface area contributed by atoms with Crippen LogP contribution in [-0.2, 0) is 13.1 Å². The maximum atomic E-state index is 8.62. The normalized spacial score (nSPS) is 9.84. The number of hydrogen-bond donors (Lipinski definition) is 0. The van der Waals surface area contributed by atoms with Crippen LogP contribution in [0, 0.1) is 22.7 Å². The van der Waals surface area contributed by atoms with E-state index in [0.717, 1.165) is 29.6 Å². The van der Waals surface area contributed by atoms with E-state index in [-0.39, 0.29) is 5.71 Å². The molecule has 0 aliphatic heterocycles. The van der Waals surface area contributed by atoms with Gasteiger partial charge in [-0.15, -0.1) is 0 Å². The van der Waals surface area contributed by atoms with E-state index >= 15 is 0 Å². The Hall–Kier alpha value is -2.66. The predicted octanol–water partition coefficient (Wildman–Crippen LogP) is 2.43. The zero-order chi connectivity index (χ0) is 13.7. The van der Waals surface area contributed by atoms with Crippen molar-refractivity contribution in [2.24, 2.45) is 4.99 Å². The average molecular weight is 251 g/mol. The van der Waals surface area contributed by atoms with Gasteiger partial charge in [-0.25, -0.2) is 4.98 Å². The van der Waals surface area contributed by atoms with Gasteiger partial charge in [0, 0.05) is 24.3 Å². The van der Waals surface area contributed by atoms with Crippen LogP contribution in [0.4, 0.5) is 0 Å². The lowest BCUT2D eigenvalue weighted by atomic mass is 10.2. The van der Waals surface area contributed by atoms with E-state index in [0.29, 0.717) is 6.54 Å². The number of pyridine rings is 1. The summed E-state index contributed by atoms with van der Waals surface area (Å²) in [4.78, 5) is 8.35. The first kappa shape index (κ1) is 12.8. The third-order valence-electron chi connectivity index (χ3n) is 2.75. The number of aliphatic imine (C=N–C) groups is 1. The van der Waals surface area contributed by atoms with Gasteiger partial charge >= 0.3 is 0 Å². The first-order valence-electron chi connectivity index (χ1n) is 6.07. The van der Waals surface area contributed by atoms with Gasteiger partial charge in [-0.2, -0.15) is 10.5 Å². The molecule has 0 unspecified atom stereocenters. The summed E-state index contributed by atoms with van der Waals surface area (Å²) in [6, 6.07) is 7.49. The van der Waals surface area contributed by atoms with E-state index in [2.05, 4.69) is 21.5 Å². The van der Waals surface area contributed by atoms with E-state index in [4.69, 9.17) is 10.5 Å². The highest BCUT2D eigenvalue weighted by molar-refractivity contribution is 6.10. The second kappa shape index (κ2) is 5.79. The van der Waals surface area contributed by atoms with Crippen LogP contribution >= 0.6 is 0 Å². The topological polar surface area (TPSA) is 77.8 Å². The minimum Gasteiger partial charge on any atom is -0.333 e. The van der Waals surface area contributed by atoms with Gasteiger partial charge < -0.3 is 4.57 Å². The van der Waals surface area contributed by atoms with Gasteiger partial charge in [0.1, 0.15) is 17.8 Å². The van der Waals surface area contributed by atoms with Crippen LogP contribution in [0.15, 0.2) is 29.5 Å². The molecule has 0 fully saturated rings. The second-order valence-corrected chi connectivity index (χ2v) is 4.15. The molecule has 5 heteroatoms. The average Bonchev–Trinajstić information content (AvgIpc) is 2.83. The monoisotopic (exact) mass is 251 g/mol. The van der Waals surface area contributed by atoms with Gasteiger partial charge in [0.05, 0.1) is 6.54 Å². The predicted molar refractivity (Wildman–Crippen MR) is 72.4 cm³/mol. The molecule has 0 atom stereocenters. The zero-order valence-electron chi connectivity index (χ0n) is 10.7. The SMILES string of the molecule is CCCn1ccc2cc(CN=C(C#N)C#N)cnc21. The number of fused-ring (bicyclic) bond motifs is 1. The molecule has 2 heterocycles. The van der Waals surface area contributed by atoms with Crippen molar-refractivity contribution >= 4 is 16.7 Å². The Morgan fingerprint density at radius 1 is 1.42 bits per heavy atom. The number of hydrogen-bond acceptors (Lipinski definition) is 4. The summed E-state index contributed by atoms with van der Waals surface area (Å²) in [5.41, 5.74) is 1.74. The molecule has 2 aromatic rings. The van der Waals surface area contributed by atoms with Crippen LogP contribution in [0.5, 0.6) is 0 Å². The molecule has 19 heavy (non-hydrogen) atoms. The van der Waals surface area contributed by atoms with E-state index in [1.165, 1.54) is 0 Å². The van der Waals surface area contributed by atoms with Crippen LogP contribution in [0.3, 0.4) is 0 Å². The molecule has 94 valence electrons. The molecule has 0 aliphatic rings. The minimum atomic E-state index is -0.108. The quantitative estimate of drug-likeness (QED) is 0.783. The summed E-state index contributed by atoms with van der Waals surface area (Å²) in [5.74, 6) is 0. The molecule has 5 nitrogen and oxygen atoms in total. The molecule has 2 aromatic heterocycles. The summed E-state index contributed by atoms with van der Waals surface area (Å²) in [6.45, 7) is 3.37. The van der Waals surface area contributed by atoms with Gasteiger partial charge in [-0.1, -0.05) is 6.92 Å². The fraction of sp³-hybridized carbons (Fsp3) is 0.286. The van der Waals surface area contributed by atoms with Crippen molar-refractivity contribution in [1.29, 1.82) is 10.5 Å². The van der Waals surface area contributed by atoms with Crippen LogP contribution in [-0.4, -0.2) is 15.3 Å². The molecular formula is C14H13N5. The highest BCUT2D eigenvalue weighted by Crippen LogP contribution is 2.16. The Morgan fingerprint density at radius 3 is 2.89 bits per heavy atom. The Labute approximate surface area is 111 Å². The highest BCUT2D eigenvalue weighted by Gasteiger charge is 2.03. The summed E-state index contributed by atoms with van der Waals surface area (Å²) >= 11 is 0.